The van der Waals surface area contributed by atoms with Crippen molar-refractivity contribution in [1.82, 2.24) is 4.90 Å². The maximum Gasteiger partial charge on any atom is 0.165 e. The van der Waals surface area contributed by atoms with Crippen LogP contribution in [-0.4, -0.2) is 35.3 Å². The van der Waals surface area contributed by atoms with Crippen LogP contribution in [0.15, 0.2) is 54.6 Å². The van der Waals surface area contributed by atoms with Gasteiger partial charge in [-0.2, -0.15) is 0 Å². The molecule has 0 saturated heterocycles. The van der Waals surface area contributed by atoms with E-state index in [1.165, 1.54) is 11.1 Å². The molecule has 1 heterocycles. The molecule has 29 heavy (non-hydrogen) atoms. The lowest BCUT2D eigenvalue weighted by Gasteiger charge is -2.24. The van der Waals surface area contributed by atoms with Gasteiger partial charge in [-0.25, -0.2) is 0 Å². The van der Waals surface area contributed by atoms with Gasteiger partial charge >= 0.3 is 0 Å². The summed E-state index contributed by atoms with van der Waals surface area (Å²) in [6, 6.07) is 18.5. The van der Waals surface area contributed by atoms with Crippen molar-refractivity contribution in [3.05, 3.63) is 82.4 Å². The zero-order chi connectivity index (χ0) is 19.8. The first-order valence-corrected chi connectivity index (χ1v) is 9.84. The largest absolute Gasteiger partial charge is 0.504 e. The summed E-state index contributed by atoms with van der Waals surface area (Å²) in [5.41, 5.74) is 7.58. The summed E-state index contributed by atoms with van der Waals surface area (Å²) in [4.78, 5) is 2.33. The van der Waals surface area contributed by atoms with E-state index in [-0.39, 0.29) is 34.4 Å². The van der Waals surface area contributed by atoms with Gasteiger partial charge in [-0.3, -0.25) is 0 Å². The number of likely N-dealkylation sites (N-methyl/N-ethyl adjacent to an activating group) is 1. The molecule has 0 bridgehead atoms. The lowest BCUT2D eigenvalue weighted by atomic mass is 9.83. The van der Waals surface area contributed by atoms with E-state index in [1.807, 2.05) is 25.1 Å². The van der Waals surface area contributed by atoms with Gasteiger partial charge in [0, 0.05) is 24.6 Å². The molecule has 0 aliphatic carbocycles. The third-order valence-corrected chi connectivity index (χ3v) is 5.79. The molecule has 152 valence electrons. The molecule has 2 N–H and O–H groups in total. The van der Waals surface area contributed by atoms with E-state index in [0.29, 0.717) is 0 Å². The molecule has 0 fully saturated rings. The summed E-state index contributed by atoms with van der Waals surface area (Å²) >= 11 is 0. The number of aromatic hydroxyl groups is 2. The Morgan fingerprint density at radius 3 is 2.31 bits per heavy atom. The number of rotatable bonds is 2. The molecule has 3 aromatic rings. The normalized spacial score (nSPS) is 16.6. The second kappa shape index (κ2) is 8.60. The van der Waals surface area contributed by atoms with Crippen LogP contribution in [0.3, 0.4) is 0 Å². The summed E-state index contributed by atoms with van der Waals surface area (Å²) in [5.74, 6) is 0.0896. The van der Waals surface area contributed by atoms with Gasteiger partial charge in [0.05, 0.1) is 0 Å². The maximum atomic E-state index is 10.8. The summed E-state index contributed by atoms with van der Waals surface area (Å²) in [5, 5.41) is 21.4. The van der Waals surface area contributed by atoms with Crippen LogP contribution < -0.4 is 0 Å². The van der Waals surface area contributed by atoms with Crippen molar-refractivity contribution in [2.45, 2.75) is 26.2 Å². The van der Waals surface area contributed by atoms with Gasteiger partial charge in [-0.15, -0.1) is 17.0 Å². The average molecular weight is 454 g/mol. The molecule has 3 aromatic carbocycles. The first-order chi connectivity index (χ1) is 13.4. The zero-order valence-corrected chi connectivity index (χ0v) is 18.9. The SMILES string of the molecule is Br.Cc1cccc(-c2c(O)c(O)cc3c2CCN(C)CC3c2cccc(C)c2)c1. The van der Waals surface area contributed by atoms with Crippen molar-refractivity contribution in [3.8, 4) is 22.6 Å². The minimum atomic E-state index is -0.0440. The molecule has 1 unspecified atom stereocenters. The van der Waals surface area contributed by atoms with Crippen molar-refractivity contribution in [2.24, 2.45) is 0 Å². The van der Waals surface area contributed by atoms with Gasteiger partial charge in [0.25, 0.3) is 0 Å². The number of nitrogens with zero attached hydrogens (tertiary/aromatic N) is 1. The number of aryl methyl sites for hydroxylation is 2. The molecule has 4 heteroatoms. The molecular formula is C25H28BrNO2. The second-order valence-electron chi connectivity index (χ2n) is 8.04. The minimum Gasteiger partial charge on any atom is -0.504 e. The molecule has 3 nitrogen and oxygen atoms in total. The standard InChI is InChI=1S/C25H27NO2.BrH/c1-16-6-4-8-18(12-16)22-15-26(3)11-10-20-21(22)14-23(27)25(28)24(20)19-9-5-7-17(2)13-19;/h4-9,12-14,22,27-28H,10-11,15H2,1-3H3;1H. The zero-order valence-electron chi connectivity index (χ0n) is 17.1. The highest BCUT2D eigenvalue weighted by Gasteiger charge is 2.28. The fourth-order valence-corrected chi connectivity index (χ4v) is 4.39. The van der Waals surface area contributed by atoms with Gasteiger partial charge in [0.2, 0.25) is 0 Å². The number of phenolic OH excluding ortho intramolecular Hbond substituents is 2. The molecule has 0 saturated carbocycles. The number of phenols is 2. The van der Waals surface area contributed by atoms with Gasteiger partial charge in [0.15, 0.2) is 11.5 Å². The van der Waals surface area contributed by atoms with Crippen LogP contribution in [0.1, 0.15) is 33.7 Å². The van der Waals surface area contributed by atoms with Crippen LogP contribution in [0.25, 0.3) is 11.1 Å². The number of fused-ring (bicyclic) bond motifs is 1. The monoisotopic (exact) mass is 453 g/mol. The summed E-state index contributed by atoms with van der Waals surface area (Å²) < 4.78 is 0. The minimum absolute atomic E-state index is 0. The lowest BCUT2D eigenvalue weighted by Crippen LogP contribution is -2.24. The topological polar surface area (TPSA) is 43.7 Å². The summed E-state index contributed by atoms with van der Waals surface area (Å²) in [7, 11) is 2.14. The predicted molar refractivity (Wildman–Crippen MR) is 124 cm³/mol. The van der Waals surface area contributed by atoms with Crippen LogP contribution in [0.2, 0.25) is 0 Å². The van der Waals surface area contributed by atoms with Gasteiger partial charge in [-0.1, -0.05) is 59.7 Å². The first-order valence-electron chi connectivity index (χ1n) is 9.84. The Labute approximate surface area is 183 Å². The highest BCUT2D eigenvalue weighted by molar-refractivity contribution is 8.93. The Morgan fingerprint density at radius 1 is 0.931 bits per heavy atom. The van der Waals surface area contributed by atoms with Crippen molar-refractivity contribution in [1.29, 1.82) is 0 Å². The molecular weight excluding hydrogens is 426 g/mol. The third-order valence-electron chi connectivity index (χ3n) is 5.79. The molecule has 0 aromatic heterocycles. The Hall–Kier alpha value is -2.30. The number of hydrogen-bond donors (Lipinski definition) is 2. The molecule has 0 amide bonds. The highest BCUT2D eigenvalue weighted by atomic mass is 79.9. The van der Waals surface area contributed by atoms with E-state index in [9.17, 15) is 10.2 Å². The summed E-state index contributed by atoms with van der Waals surface area (Å²) in [6.45, 7) is 5.95. The smallest absolute Gasteiger partial charge is 0.165 e. The molecule has 4 rings (SSSR count). The Bertz CT molecular complexity index is 1030. The van der Waals surface area contributed by atoms with Crippen LogP contribution in [0.5, 0.6) is 11.5 Å². The van der Waals surface area contributed by atoms with E-state index in [0.717, 1.165) is 47.3 Å². The number of hydrogen-bond acceptors (Lipinski definition) is 3. The van der Waals surface area contributed by atoms with Crippen LogP contribution in [-0.2, 0) is 6.42 Å². The van der Waals surface area contributed by atoms with E-state index < -0.39 is 0 Å². The van der Waals surface area contributed by atoms with Crippen LogP contribution in [0.4, 0.5) is 0 Å². The summed E-state index contributed by atoms with van der Waals surface area (Å²) in [6.07, 6.45) is 0.839. The van der Waals surface area contributed by atoms with Crippen molar-refractivity contribution in [3.63, 3.8) is 0 Å². The predicted octanol–water partition coefficient (Wildman–Crippen LogP) is 5.58. The molecule has 0 spiro atoms. The molecule has 1 aliphatic heterocycles. The van der Waals surface area contributed by atoms with Crippen LogP contribution >= 0.6 is 17.0 Å². The van der Waals surface area contributed by atoms with Gasteiger partial charge in [-0.05, 0) is 55.6 Å². The Morgan fingerprint density at radius 2 is 1.62 bits per heavy atom. The Balaban J connectivity index is 0.00000240. The average Bonchev–Trinajstić information content (AvgIpc) is 2.82. The fourth-order valence-electron chi connectivity index (χ4n) is 4.39. The van der Waals surface area contributed by atoms with Gasteiger partial charge < -0.3 is 15.1 Å². The van der Waals surface area contributed by atoms with E-state index in [1.54, 1.807) is 6.07 Å². The number of benzene rings is 3. The van der Waals surface area contributed by atoms with Crippen LogP contribution in [0, 0.1) is 13.8 Å². The van der Waals surface area contributed by atoms with Crippen molar-refractivity contribution < 1.29 is 10.2 Å². The van der Waals surface area contributed by atoms with Crippen molar-refractivity contribution >= 4 is 17.0 Å². The maximum absolute atomic E-state index is 10.8. The number of halogens is 1. The fraction of sp³-hybridized carbons (Fsp3) is 0.280. The quantitative estimate of drug-likeness (QED) is 0.497. The Kier molecular flexibility index (Phi) is 6.35. The first kappa shape index (κ1) is 21.4. The molecule has 0 radical (unpaired) electrons. The lowest BCUT2D eigenvalue weighted by molar-refractivity contribution is 0.338. The molecule has 1 atom stereocenters. The molecule has 1 aliphatic rings. The van der Waals surface area contributed by atoms with Crippen molar-refractivity contribution in [2.75, 3.05) is 20.1 Å². The second-order valence-corrected chi connectivity index (χ2v) is 8.04. The van der Waals surface area contributed by atoms with E-state index >= 15 is 0 Å². The third kappa shape index (κ3) is 4.19. The van der Waals surface area contributed by atoms with Gasteiger partial charge in [0.1, 0.15) is 0 Å². The van der Waals surface area contributed by atoms with E-state index in [4.69, 9.17) is 0 Å². The highest BCUT2D eigenvalue weighted by Crippen LogP contribution is 2.45. The van der Waals surface area contributed by atoms with E-state index in [2.05, 4.69) is 49.2 Å².